The molecule has 2 unspecified atom stereocenters. The van der Waals surface area contributed by atoms with Crippen molar-refractivity contribution in [3.63, 3.8) is 0 Å². The second-order valence-corrected chi connectivity index (χ2v) is 11.1. The van der Waals surface area contributed by atoms with Crippen molar-refractivity contribution >= 4 is 35.3 Å². The minimum absolute atomic E-state index is 0.314. The molecule has 34 heavy (non-hydrogen) atoms. The molecule has 2 heterocycles. The molecule has 0 aromatic carbocycles. The predicted octanol–water partition coefficient (Wildman–Crippen LogP) is -1.88. The van der Waals surface area contributed by atoms with E-state index >= 15 is 0 Å². The molecule has 0 aliphatic carbocycles. The Morgan fingerprint density at radius 2 is 1.79 bits per heavy atom. The zero-order valence-electron chi connectivity index (χ0n) is 16.4. The van der Waals surface area contributed by atoms with Gasteiger partial charge in [0.1, 0.15) is 25.0 Å². The molecule has 0 spiro atoms. The molecule has 7 N–H and O–H groups in total. The van der Waals surface area contributed by atoms with Crippen molar-refractivity contribution in [3.8, 4) is 6.07 Å². The molecule has 0 radical (unpaired) electrons. The summed E-state index contributed by atoms with van der Waals surface area (Å²) in [6.45, 7) is -3.97. The first-order valence-electron chi connectivity index (χ1n) is 8.53. The van der Waals surface area contributed by atoms with Crippen LogP contribution < -0.4 is 5.32 Å². The number of rotatable bonds is 9. The van der Waals surface area contributed by atoms with Crippen molar-refractivity contribution in [3.05, 3.63) is 12.3 Å². The average molecular weight is 555 g/mol. The van der Waals surface area contributed by atoms with Gasteiger partial charge in [-0.25, -0.2) is 22.9 Å². The highest BCUT2D eigenvalue weighted by Gasteiger charge is 2.67. The van der Waals surface area contributed by atoms with Crippen LogP contribution in [0.15, 0.2) is 12.3 Å². The molecule has 192 valence electrons. The highest BCUT2D eigenvalue weighted by atomic mass is 31.3. The molecule has 2 aliphatic rings. The SMILES string of the molecule is N#C[C@@]1(N2C=CC(=O)CNC2=O)O[C@](CF)(COP(=O)(O)OP(=O)(O)OP(=O)(O)O)[C@@H](O)[C@H]1O. The van der Waals surface area contributed by atoms with Gasteiger partial charge in [-0.1, -0.05) is 0 Å². The Labute approximate surface area is 188 Å². The fourth-order valence-electron chi connectivity index (χ4n) is 2.81. The number of phosphoric acid groups is 3. The largest absolute Gasteiger partial charge is 0.490 e. The van der Waals surface area contributed by atoms with Crippen LogP contribution in [-0.2, 0) is 36.4 Å². The third kappa shape index (κ3) is 6.14. The maximum atomic E-state index is 14.0. The van der Waals surface area contributed by atoms with Gasteiger partial charge < -0.3 is 39.8 Å². The Morgan fingerprint density at radius 1 is 1.18 bits per heavy atom. The number of carbonyl (C=O) groups excluding carboxylic acids is 2. The monoisotopic (exact) mass is 555 g/mol. The van der Waals surface area contributed by atoms with Crippen LogP contribution in [0.25, 0.3) is 0 Å². The van der Waals surface area contributed by atoms with Gasteiger partial charge in [0.05, 0.1) is 13.2 Å². The van der Waals surface area contributed by atoms with E-state index in [1.807, 2.05) is 5.32 Å². The summed E-state index contributed by atoms with van der Waals surface area (Å²) in [5.74, 6) is -0.651. The zero-order valence-corrected chi connectivity index (χ0v) is 19.1. The standard InChI is InChI=1S/C12H17FN3O15P3/c13-4-11(6-28-33(24,25)31-34(26,27)30-32(21,22)23)8(18)9(19)12(5-14,29-11)16-2-1-7(17)3-15-10(16)20/h1-2,8-9,18-19H,3-4,6H2,(H,15,20)(H,24,25)(H,26,27)(H2,21,22,23)/t8-,9+,11+,12+/m0/s1. The summed E-state index contributed by atoms with van der Waals surface area (Å²) in [5, 5.41) is 32.4. The van der Waals surface area contributed by atoms with Crippen LogP contribution in [0.2, 0.25) is 0 Å². The number of hydrogen-bond acceptors (Lipinski definition) is 12. The number of carbonyl (C=O) groups is 2. The van der Waals surface area contributed by atoms with E-state index in [4.69, 9.17) is 19.4 Å². The van der Waals surface area contributed by atoms with Crippen molar-refractivity contribution in [2.75, 3.05) is 19.8 Å². The number of phosphoric ester groups is 1. The number of halogens is 1. The Bertz CT molecular complexity index is 1060. The molecule has 22 heteroatoms. The number of nitriles is 1. The molecule has 6 atom stereocenters. The van der Waals surface area contributed by atoms with Crippen molar-refractivity contribution < 1.29 is 75.3 Å². The summed E-state index contributed by atoms with van der Waals surface area (Å²) in [6, 6.07) is 0.148. The van der Waals surface area contributed by atoms with Gasteiger partial charge in [-0.05, 0) is 6.08 Å². The third-order valence-corrected chi connectivity index (χ3v) is 8.05. The van der Waals surface area contributed by atoms with E-state index < -0.39 is 78.6 Å². The van der Waals surface area contributed by atoms with Gasteiger partial charge in [-0.3, -0.25) is 14.2 Å². The lowest BCUT2D eigenvalue weighted by Crippen LogP contribution is -2.58. The summed E-state index contributed by atoms with van der Waals surface area (Å²) >= 11 is 0. The number of aliphatic hydroxyl groups is 2. The molecule has 0 aromatic heterocycles. The van der Waals surface area contributed by atoms with Gasteiger partial charge in [0.25, 0.3) is 5.72 Å². The van der Waals surface area contributed by atoms with Gasteiger partial charge in [0.15, 0.2) is 11.4 Å². The van der Waals surface area contributed by atoms with E-state index in [1.54, 1.807) is 0 Å². The average Bonchev–Trinajstić information content (AvgIpc) is 2.78. The van der Waals surface area contributed by atoms with Crippen molar-refractivity contribution in [2.24, 2.45) is 0 Å². The van der Waals surface area contributed by atoms with Crippen molar-refractivity contribution in [2.45, 2.75) is 23.5 Å². The fraction of sp³-hybridized carbons (Fsp3) is 0.583. The van der Waals surface area contributed by atoms with E-state index in [9.17, 15) is 48.0 Å². The summed E-state index contributed by atoms with van der Waals surface area (Å²) < 4.78 is 64.3. The quantitative estimate of drug-likeness (QED) is 0.153. The molecule has 0 aromatic rings. The normalized spacial score (nSPS) is 33.5. The van der Waals surface area contributed by atoms with Crippen LogP contribution in [0, 0.1) is 11.3 Å². The number of nitrogens with one attached hydrogen (secondary N) is 1. The van der Waals surface area contributed by atoms with E-state index in [0.717, 1.165) is 6.08 Å². The van der Waals surface area contributed by atoms with Crippen LogP contribution >= 0.6 is 23.5 Å². The molecular weight excluding hydrogens is 538 g/mol. The van der Waals surface area contributed by atoms with Gasteiger partial charge >= 0.3 is 29.5 Å². The Morgan fingerprint density at radius 3 is 2.32 bits per heavy atom. The molecule has 1 saturated heterocycles. The molecule has 0 bridgehead atoms. The first-order valence-corrected chi connectivity index (χ1v) is 13.0. The number of ether oxygens (including phenoxy) is 1. The smallest absolute Gasteiger partial charge is 0.387 e. The first kappa shape index (κ1) is 28.6. The number of urea groups is 1. The van der Waals surface area contributed by atoms with E-state index in [2.05, 4.69) is 13.1 Å². The second-order valence-electron chi connectivity index (χ2n) is 6.67. The zero-order chi connectivity index (χ0) is 26.2. The maximum Gasteiger partial charge on any atom is 0.490 e. The van der Waals surface area contributed by atoms with Crippen LogP contribution in [-0.4, -0.2) is 89.9 Å². The Balaban J connectivity index is 2.32. The topological polar surface area (TPSA) is 283 Å². The van der Waals surface area contributed by atoms with Crippen molar-refractivity contribution in [1.82, 2.24) is 10.2 Å². The molecule has 0 saturated carbocycles. The lowest BCUT2D eigenvalue weighted by molar-refractivity contribution is -0.168. The summed E-state index contributed by atoms with van der Waals surface area (Å²) in [7, 11) is -17.4. The Hall–Kier alpha value is -1.61. The summed E-state index contributed by atoms with van der Waals surface area (Å²) in [6.07, 6.45) is -3.40. The molecule has 2 aliphatic heterocycles. The predicted molar refractivity (Wildman–Crippen MR) is 99.4 cm³/mol. The lowest BCUT2D eigenvalue weighted by Gasteiger charge is -2.35. The number of hydrogen-bond donors (Lipinski definition) is 7. The van der Waals surface area contributed by atoms with Gasteiger partial charge in [0, 0.05) is 6.20 Å². The molecular formula is C12H17FN3O15P3. The second kappa shape index (κ2) is 9.80. The number of amides is 2. The van der Waals surface area contributed by atoms with Crippen LogP contribution in [0.4, 0.5) is 9.18 Å². The maximum absolute atomic E-state index is 14.0. The minimum Gasteiger partial charge on any atom is -0.387 e. The van der Waals surface area contributed by atoms with E-state index in [-0.39, 0.29) is 0 Å². The van der Waals surface area contributed by atoms with Gasteiger partial charge in [-0.15, -0.1) is 0 Å². The number of alkyl halides is 1. The molecule has 1 fully saturated rings. The van der Waals surface area contributed by atoms with Crippen LogP contribution in [0.1, 0.15) is 0 Å². The Kier molecular flexibility index (Phi) is 8.25. The van der Waals surface area contributed by atoms with Crippen LogP contribution in [0.3, 0.4) is 0 Å². The number of ketones is 1. The highest BCUT2D eigenvalue weighted by Crippen LogP contribution is 2.66. The first-order chi connectivity index (χ1) is 15.4. The lowest BCUT2D eigenvalue weighted by atomic mass is 9.94. The minimum atomic E-state index is -5.93. The number of nitrogens with zero attached hydrogens (tertiary/aromatic N) is 2. The molecule has 2 rings (SSSR count). The fourth-order valence-corrected chi connectivity index (χ4v) is 5.89. The van der Waals surface area contributed by atoms with Crippen LogP contribution in [0.5, 0.6) is 0 Å². The van der Waals surface area contributed by atoms with Gasteiger partial charge in [-0.2, -0.15) is 13.9 Å². The summed E-state index contributed by atoms with van der Waals surface area (Å²) in [4.78, 5) is 59.8. The summed E-state index contributed by atoms with van der Waals surface area (Å²) in [5.41, 5.74) is -5.79. The van der Waals surface area contributed by atoms with Gasteiger partial charge in [0.2, 0.25) is 0 Å². The third-order valence-electron chi connectivity index (χ3n) is 4.27. The number of aliphatic hydroxyl groups excluding tert-OH is 2. The van der Waals surface area contributed by atoms with E-state index in [0.29, 0.717) is 11.1 Å². The highest BCUT2D eigenvalue weighted by molar-refractivity contribution is 7.66. The molecule has 18 nitrogen and oxygen atoms in total. The molecule has 2 amide bonds. The van der Waals surface area contributed by atoms with Crippen molar-refractivity contribution in [1.29, 1.82) is 5.26 Å². The van der Waals surface area contributed by atoms with E-state index in [1.165, 1.54) is 6.07 Å².